The van der Waals surface area contributed by atoms with Crippen LogP contribution in [0.4, 0.5) is 0 Å². The van der Waals surface area contributed by atoms with Crippen LogP contribution in [0.25, 0.3) is 0 Å². The zero-order chi connectivity index (χ0) is 12.4. The van der Waals surface area contributed by atoms with Crippen molar-refractivity contribution >= 4 is 13.6 Å². The van der Waals surface area contributed by atoms with E-state index in [4.69, 9.17) is 14.8 Å². The first kappa shape index (κ1) is 14.6. The van der Waals surface area contributed by atoms with Crippen LogP contribution in [0.15, 0.2) is 30.3 Å². The van der Waals surface area contributed by atoms with Gasteiger partial charge in [0.1, 0.15) is 6.23 Å². The standard InChI is InChI=1S/C10H13NO2.BH3O2/c1-8(13-2)11-10(12)9-6-4-3-5-7-9;2-1-3/h3-8H,1-2H3,(H,11,12);1-3H. The average Bonchev–Trinajstić information content (AvgIpc) is 2.31. The molecular formula is C10H16BNO4. The fraction of sp³-hybridized carbons (Fsp3) is 0.300. The topological polar surface area (TPSA) is 78.8 Å². The molecule has 0 saturated heterocycles. The van der Waals surface area contributed by atoms with Gasteiger partial charge in [0.15, 0.2) is 0 Å². The number of methoxy groups -OCH3 is 1. The molecule has 0 heterocycles. The van der Waals surface area contributed by atoms with Crippen molar-refractivity contribution in [2.24, 2.45) is 0 Å². The molecule has 0 bridgehead atoms. The van der Waals surface area contributed by atoms with E-state index in [0.717, 1.165) is 0 Å². The molecule has 1 amide bonds. The lowest BCUT2D eigenvalue weighted by molar-refractivity contribution is 0.0658. The van der Waals surface area contributed by atoms with E-state index < -0.39 is 7.69 Å². The summed E-state index contributed by atoms with van der Waals surface area (Å²) in [5.74, 6) is -0.116. The normalized spacial score (nSPS) is 10.8. The fourth-order valence-corrected chi connectivity index (χ4v) is 0.916. The van der Waals surface area contributed by atoms with Crippen LogP contribution >= 0.6 is 0 Å². The molecule has 88 valence electrons. The zero-order valence-electron chi connectivity index (χ0n) is 9.38. The first-order valence-electron chi connectivity index (χ1n) is 4.76. The smallest absolute Gasteiger partial charge is 0.430 e. The number of nitrogens with one attached hydrogen (secondary N) is 1. The van der Waals surface area contributed by atoms with Gasteiger partial charge in [0.05, 0.1) is 0 Å². The van der Waals surface area contributed by atoms with Crippen LogP contribution in [0.5, 0.6) is 0 Å². The highest BCUT2D eigenvalue weighted by molar-refractivity contribution is 6.13. The molecule has 0 aliphatic carbocycles. The third-order valence-corrected chi connectivity index (χ3v) is 1.72. The predicted molar refractivity (Wildman–Crippen MR) is 62.0 cm³/mol. The van der Waals surface area contributed by atoms with E-state index >= 15 is 0 Å². The third-order valence-electron chi connectivity index (χ3n) is 1.72. The largest absolute Gasteiger partial charge is 0.432 e. The van der Waals surface area contributed by atoms with Crippen LogP contribution in [0.3, 0.4) is 0 Å². The SMILES string of the molecule is COC(C)NC(=O)c1ccccc1.OBO. The predicted octanol–water partition coefficient (Wildman–Crippen LogP) is -0.354. The maximum atomic E-state index is 11.4. The molecule has 1 aromatic rings. The van der Waals surface area contributed by atoms with Gasteiger partial charge in [-0.05, 0) is 19.1 Å². The summed E-state index contributed by atoms with van der Waals surface area (Å²) in [4.78, 5) is 11.4. The fourth-order valence-electron chi connectivity index (χ4n) is 0.916. The van der Waals surface area contributed by atoms with Crippen LogP contribution in [0, 0.1) is 0 Å². The van der Waals surface area contributed by atoms with E-state index in [1.165, 1.54) is 0 Å². The number of hydrogen-bond acceptors (Lipinski definition) is 4. The third kappa shape index (κ3) is 6.18. The molecule has 1 aromatic carbocycles. The van der Waals surface area contributed by atoms with Crippen molar-refractivity contribution in [1.82, 2.24) is 5.32 Å². The van der Waals surface area contributed by atoms with Crippen LogP contribution < -0.4 is 5.32 Å². The number of rotatable bonds is 3. The number of benzene rings is 1. The van der Waals surface area contributed by atoms with Gasteiger partial charge in [0, 0.05) is 12.7 Å². The Morgan fingerprint density at radius 3 is 2.31 bits per heavy atom. The molecule has 3 N–H and O–H groups in total. The van der Waals surface area contributed by atoms with Crippen LogP contribution in [-0.2, 0) is 4.74 Å². The number of amides is 1. The van der Waals surface area contributed by atoms with Crippen molar-refractivity contribution in [1.29, 1.82) is 0 Å². The van der Waals surface area contributed by atoms with E-state index in [9.17, 15) is 4.79 Å². The molecule has 6 heteroatoms. The van der Waals surface area contributed by atoms with Crippen molar-refractivity contribution in [2.75, 3.05) is 7.11 Å². The molecule has 1 rings (SSSR count). The quantitative estimate of drug-likeness (QED) is 0.485. The maximum absolute atomic E-state index is 11.4. The Hall–Kier alpha value is -1.37. The summed E-state index contributed by atoms with van der Waals surface area (Å²) in [6.45, 7) is 1.78. The minimum absolute atomic E-state index is 0.116. The Balaban J connectivity index is 0.000000673. The molecule has 0 aliphatic heterocycles. The van der Waals surface area contributed by atoms with Gasteiger partial charge in [-0.1, -0.05) is 18.2 Å². The van der Waals surface area contributed by atoms with E-state index in [0.29, 0.717) is 5.56 Å². The van der Waals surface area contributed by atoms with Gasteiger partial charge in [-0.15, -0.1) is 0 Å². The van der Waals surface area contributed by atoms with E-state index in [1.54, 1.807) is 26.2 Å². The van der Waals surface area contributed by atoms with E-state index in [1.807, 2.05) is 18.2 Å². The van der Waals surface area contributed by atoms with Gasteiger partial charge >= 0.3 is 7.69 Å². The van der Waals surface area contributed by atoms with Gasteiger partial charge in [-0.2, -0.15) is 0 Å². The van der Waals surface area contributed by atoms with E-state index in [2.05, 4.69) is 5.32 Å². The number of carbonyl (C=O) groups excluding carboxylic acids is 1. The lowest BCUT2D eigenvalue weighted by Gasteiger charge is -2.11. The summed E-state index contributed by atoms with van der Waals surface area (Å²) in [6.07, 6.45) is -0.257. The summed E-state index contributed by atoms with van der Waals surface area (Å²) >= 11 is 0. The molecule has 5 nitrogen and oxygen atoms in total. The lowest BCUT2D eigenvalue weighted by atomic mass is 10.2. The summed E-state index contributed by atoms with van der Waals surface area (Å²) in [6, 6.07) is 9.05. The van der Waals surface area contributed by atoms with E-state index in [-0.39, 0.29) is 12.1 Å². The Labute approximate surface area is 95.4 Å². The van der Waals surface area contributed by atoms with Crippen molar-refractivity contribution in [3.8, 4) is 0 Å². The molecule has 0 aromatic heterocycles. The minimum atomic E-state index is -0.750. The first-order valence-corrected chi connectivity index (χ1v) is 4.76. The second-order valence-electron chi connectivity index (χ2n) is 2.86. The van der Waals surface area contributed by atoms with Gasteiger partial charge in [0.2, 0.25) is 0 Å². The maximum Gasteiger partial charge on any atom is 0.432 e. The summed E-state index contributed by atoms with van der Waals surface area (Å²) < 4.78 is 4.91. The zero-order valence-corrected chi connectivity index (χ0v) is 9.38. The molecule has 0 saturated carbocycles. The van der Waals surface area contributed by atoms with Crippen molar-refractivity contribution in [2.45, 2.75) is 13.2 Å². The van der Waals surface area contributed by atoms with Gasteiger partial charge in [-0.3, -0.25) is 4.79 Å². The van der Waals surface area contributed by atoms with Crippen molar-refractivity contribution in [3.63, 3.8) is 0 Å². The van der Waals surface area contributed by atoms with Crippen LogP contribution in [-0.4, -0.2) is 37.0 Å². The Kier molecular flexibility index (Phi) is 8.14. The monoisotopic (exact) mass is 225 g/mol. The van der Waals surface area contributed by atoms with Crippen molar-refractivity contribution in [3.05, 3.63) is 35.9 Å². The number of carbonyl (C=O) groups is 1. The second kappa shape index (κ2) is 8.90. The average molecular weight is 225 g/mol. The molecule has 1 atom stereocenters. The van der Waals surface area contributed by atoms with Gasteiger partial charge in [0.25, 0.3) is 5.91 Å². The van der Waals surface area contributed by atoms with Gasteiger partial charge < -0.3 is 20.1 Å². The Bertz CT molecular complexity index is 294. The molecule has 0 fully saturated rings. The van der Waals surface area contributed by atoms with Crippen LogP contribution in [0.2, 0.25) is 0 Å². The number of ether oxygens (including phenoxy) is 1. The second-order valence-corrected chi connectivity index (χ2v) is 2.86. The molecule has 0 aliphatic rings. The highest BCUT2D eigenvalue weighted by Crippen LogP contribution is 1.98. The summed E-state index contributed by atoms with van der Waals surface area (Å²) in [7, 11) is 0.802. The number of hydrogen-bond donors (Lipinski definition) is 3. The Morgan fingerprint density at radius 1 is 1.38 bits per heavy atom. The Morgan fingerprint density at radius 2 is 1.88 bits per heavy atom. The summed E-state index contributed by atoms with van der Waals surface area (Å²) in [5, 5.41) is 16.9. The molecular weight excluding hydrogens is 209 g/mol. The molecule has 1 unspecified atom stereocenters. The highest BCUT2D eigenvalue weighted by Gasteiger charge is 2.06. The minimum Gasteiger partial charge on any atom is -0.430 e. The highest BCUT2D eigenvalue weighted by atomic mass is 16.5. The van der Waals surface area contributed by atoms with Crippen LogP contribution in [0.1, 0.15) is 17.3 Å². The first-order chi connectivity index (χ1) is 7.65. The lowest BCUT2D eigenvalue weighted by Crippen LogP contribution is -2.33. The summed E-state index contributed by atoms with van der Waals surface area (Å²) in [5.41, 5.74) is 0.645. The molecule has 0 spiro atoms. The molecule has 16 heavy (non-hydrogen) atoms. The van der Waals surface area contributed by atoms with Crippen molar-refractivity contribution < 1.29 is 19.6 Å². The molecule has 0 radical (unpaired) electrons. The van der Waals surface area contributed by atoms with Gasteiger partial charge in [-0.25, -0.2) is 0 Å².